The van der Waals surface area contributed by atoms with E-state index in [1.807, 2.05) is 23.9 Å². The summed E-state index contributed by atoms with van der Waals surface area (Å²) >= 11 is 6.05. The van der Waals surface area contributed by atoms with Crippen LogP contribution in [0, 0.1) is 11.3 Å². The van der Waals surface area contributed by atoms with Gasteiger partial charge < -0.3 is 14.7 Å². The summed E-state index contributed by atoms with van der Waals surface area (Å²) in [6.07, 6.45) is 5.79. The van der Waals surface area contributed by atoms with Gasteiger partial charge in [-0.05, 0) is 23.8 Å². The van der Waals surface area contributed by atoms with E-state index in [-0.39, 0.29) is 22.9 Å². The van der Waals surface area contributed by atoms with Crippen molar-refractivity contribution in [3.63, 3.8) is 0 Å². The maximum Gasteiger partial charge on any atom is 0.303 e. The second-order valence-corrected chi connectivity index (χ2v) is 9.00. The number of hydrogen-bond acceptors (Lipinski definition) is 5. The molecular formula is C21H23ClN6O2. The smallest absolute Gasteiger partial charge is 0.303 e. The first-order chi connectivity index (χ1) is 14.1. The van der Waals surface area contributed by atoms with Gasteiger partial charge in [-0.3, -0.25) is 4.79 Å². The van der Waals surface area contributed by atoms with E-state index in [1.165, 1.54) is 6.20 Å². The molecule has 0 aliphatic carbocycles. The van der Waals surface area contributed by atoms with E-state index < -0.39 is 5.97 Å². The molecule has 0 saturated carbocycles. The van der Waals surface area contributed by atoms with Crippen LogP contribution in [0.4, 0.5) is 0 Å². The van der Waals surface area contributed by atoms with Gasteiger partial charge >= 0.3 is 5.97 Å². The van der Waals surface area contributed by atoms with Crippen LogP contribution in [0.2, 0.25) is 5.15 Å². The van der Waals surface area contributed by atoms with Crippen LogP contribution in [0.5, 0.6) is 0 Å². The van der Waals surface area contributed by atoms with Crippen LogP contribution in [0.1, 0.15) is 32.9 Å². The number of hydrogen-bond donors (Lipinski definition) is 2. The Morgan fingerprint density at radius 2 is 2.07 bits per heavy atom. The summed E-state index contributed by atoms with van der Waals surface area (Å²) in [4.78, 5) is 32.8. The van der Waals surface area contributed by atoms with Gasteiger partial charge in [-0.15, -0.1) is 0 Å². The molecule has 0 spiro atoms. The SMILES string of the molecule is Cn1ccc2c(C[C@H](CC(=O)O)C(C)(C)C)nc(-c3c[nH]c4ncc(Cl)nc34)nc21. The molecule has 0 unspecified atom stereocenters. The Morgan fingerprint density at radius 3 is 2.77 bits per heavy atom. The highest BCUT2D eigenvalue weighted by Gasteiger charge is 2.29. The molecule has 0 amide bonds. The molecule has 0 saturated heterocycles. The minimum absolute atomic E-state index is 0.0747. The molecule has 9 heteroatoms. The van der Waals surface area contributed by atoms with Gasteiger partial charge in [0.25, 0.3) is 0 Å². The monoisotopic (exact) mass is 426 g/mol. The van der Waals surface area contributed by atoms with Crippen molar-refractivity contribution in [2.24, 2.45) is 18.4 Å². The fraction of sp³-hybridized carbons (Fsp3) is 0.381. The lowest BCUT2D eigenvalue weighted by Crippen LogP contribution is -2.26. The molecule has 0 fully saturated rings. The molecule has 0 aliphatic rings. The molecule has 4 aromatic heterocycles. The Balaban J connectivity index is 1.88. The van der Waals surface area contributed by atoms with Crippen molar-refractivity contribution in [2.75, 3.05) is 0 Å². The lowest BCUT2D eigenvalue weighted by atomic mass is 9.76. The summed E-state index contributed by atoms with van der Waals surface area (Å²) in [5.74, 6) is -0.390. The zero-order chi connectivity index (χ0) is 21.6. The average Bonchev–Trinajstić information content (AvgIpc) is 3.23. The summed E-state index contributed by atoms with van der Waals surface area (Å²) in [6.45, 7) is 6.17. The minimum atomic E-state index is -0.810. The Bertz CT molecular complexity index is 1250. The van der Waals surface area contributed by atoms with E-state index >= 15 is 0 Å². The van der Waals surface area contributed by atoms with E-state index in [0.717, 1.165) is 16.7 Å². The van der Waals surface area contributed by atoms with Crippen LogP contribution in [0.25, 0.3) is 33.6 Å². The maximum absolute atomic E-state index is 11.5. The fourth-order valence-corrected chi connectivity index (χ4v) is 3.78. The molecule has 0 aromatic carbocycles. The number of aryl methyl sites for hydroxylation is 1. The first-order valence-electron chi connectivity index (χ1n) is 9.67. The van der Waals surface area contributed by atoms with Gasteiger partial charge in [-0.1, -0.05) is 32.4 Å². The predicted molar refractivity (Wildman–Crippen MR) is 115 cm³/mol. The first-order valence-corrected chi connectivity index (χ1v) is 10.0. The van der Waals surface area contributed by atoms with Crippen LogP contribution in [-0.4, -0.2) is 40.6 Å². The van der Waals surface area contributed by atoms with Gasteiger partial charge in [0.2, 0.25) is 0 Å². The first kappa shape index (κ1) is 20.3. The standard InChI is InChI=1S/C21H23ClN6O2/c1-21(2,3)11(8-16(29)30)7-14-12-5-6-28(4)20(12)27-18(25-14)13-9-23-19-17(13)26-15(22)10-24-19/h5-6,9-11H,7-8H2,1-4H3,(H,23,24)(H,29,30)/t11-/m1/s1. The Kier molecular flexibility index (Phi) is 4.97. The lowest BCUT2D eigenvalue weighted by Gasteiger charge is -2.29. The zero-order valence-corrected chi connectivity index (χ0v) is 18.0. The van der Waals surface area contributed by atoms with Crippen molar-refractivity contribution in [1.82, 2.24) is 29.5 Å². The summed E-state index contributed by atoms with van der Waals surface area (Å²) in [5, 5.41) is 10.6. The summed E-state index contributed by atoms with van der Waals surface area (Å²) in [6, 6.07) is 1.97. The number of halogens is 1. The quantitative estimate of drug-likeness (QED) is 0.494. The summed E-state index contributed by atoms with van der Waals surface area (Å²) in [7, 11) is 1.92. The highest BCUT2D eigenvalue weighted by Crippen LogP contribution is 2.34. The maximum atomic E-state index is 11.5. The molecule has 4 aromatic rings. The third-order valence-electron chi connectivity index (χ3n) is 5.48. The highest BCUT2D eigenvalue weighted by atomic mass is 35.5. The molecule has 8 nitrogen and oxygen atoms in total. The number of aromatic nitrogens is 6. The Hall–Kier alpha value is -3.00. The van der Waals surface area contributed by atoms with E-state index in [0.29, 0.717) is 29.0 Å². The molecule has 4 heterocycles. The summed E-state index contributed by atoms with van der Waals surface area (Å²) < 4.78 is 1.93. The van der Waals surface area contributed by atoms with Gasteiger partial charge in [-0.25, -0.2) is 19.9 Å². The van der Waals surface area contributed by atoms with Crippen molar-refractivity contribution < 1.29 is 9.90 Å². The molecule has 0 aliphatic heterocycles. The number of nitrogens with one attached hydrogen (secondary N) is 1. The molecular weight excluding hydrogens is 404 g/mol. The fourth-order valence-electron chi connectivity index (χ4n) is 3.64. The number of rotatable bonds is 5. The number of fused-ring (bicyclic) bond motifs is 2. The van der Waals surface area contributed by atoms with Crippen LogP contribution >= 0.6 is 11.6 Å². The molecule has 30 heavy (non-hydrogen) atoms. The van der Waals surface area contributed by atoms with Gasteiger partial charge in [0, 0.05) is 31.2 Å². The molecule has 156 valence electrons. The second-order valence-electron chi connectivity index (χ2n) is 8.62. The van der Waals surface area contributed by atoms with E-state index in [9.17, 15) is 9.90 Å². The number of carboxylic acid groups (broad SMARTS) is 1. The van der Waals surface area contributed by atoms with Crippen molar-refractivity contribution in [2.45, 2.75) is 33.6 Å². The number of aromatic amines is 1. The predicted octanol–water partition coefficient (Wildman–Crippen LogP) is 4.24. The molecule has 4 rings (SSSR count). The van der Waals surface area contributed by atoms with Crippen LogP contribution in [0.15, 0.2) is 24.7 Å². The molecule has 2 N–H and O–H groups in total. The lowest BCUT2D eigenvalue weighted by molar-refractivity contribution is -0.139. The number of carbonyl (C=O) groups is 1. The number of aliphatic carboxylic acids is 1. The van der Waals surface area contributed by atoms with Crippen LogP contribution < -0.4 is 0 Å². The average molecular weight is 427 g/mol. The third kappa shape index (κ3) is 3.75. The van der Waals surface area contributed by atoms with Crippen molar-refractivity contribution in [3.05, 3.63) is 35.5 Å². The van der Waals surface area contributed by atoms with Gasteiger partial charge in [0.05, 0.1) is 17.5 Å². The van der Waals surface area contributed by atoms with Crippen molar-refractivity contribution >= 4 is 39.8 Å². The minimum Gasteiger partial charge on any atom is -0.481 e. The van der Waals surface area contributed by atoms with Crippen LogP contribution in [-0.2, 0) is 18.3 Å². The largest absolute Gasteiger partial charge is 0.481 e. The van der Waals surface area contributed by atoms with E-state index in [1.54, 1.807) is 6.20 Å². The summed E-state index contributed by atoms with van der Waals surface area (Å²) in [5.41, 5.74) is 3.31. The zero-order valence-electron chi connectivity index (χ0n) is 17.3. The van der Waals surface area contributed by atoms with Crippen molar-refractivity contribution in [3.8, 4) is 11.4 Å². The number of H-pyrrole nitrogens is 1. The third-order valence-corrected chi connectivity index (χ3v) is 5.66. The van der Waals surface area contributed by atoms with Gasteiger partial charge in [-0.2, -0.15) is 0 Å². The molecule has 0 radical (unpaired) electrons. The van der Waals surface area contributed by atoms with E-state index in [4.69, 9.17) is 21.6 Å². The van der Waals surface area contributed by atoms with Gasteiger partial charge in [0.1, 0.15) is 16.3 Å². The van der Waals surface area contributed by atoms with E-state index in [2.05, 4.69) is 35.7 Å². The van der Waals surface area contributed by atoms with Gasteiger partial charge in [0.15, 0.2) is 11.5 Å². The number of carboxylic acids is 1. The second kappa shape index (κ2) is 7.36. The van der Waals surface area contributed by atoms with Crippen LogP contribution in [0.3, 0.4) is 0 Å². The highest BCUT2D eigenvalue weighted by molar-refractivity contribution is 6.29. The Labute approximate surface area is 178 Å². The normalized spacial score (nSPS) is 13.2. The number of nitrogens with zero attached hydrogens (tertiary/aromatic N) is 5. The topological polar surface area (TPSA) is 110 Å². The molecule has 0 bridgehead atoms. The van der Waals surface area contributed by atoms with Crippen molar-refractivity contribution in [1.29, 1.82) is 0 Å². The Morgan fingerprint density at radius 1 is 1.30 bits per heavy atom. The molecule has 1 atom stereocenters.